The number of benzene rings is 14. The second-order valence-electron chi connectivity index (χ2n) is 26.0. The van der Waals surface area contributed by atoms with Gasteiger partial charge in [-0.1, -0.05) is 249 Å². The number of thiazole rings is 2. The summed E-state index contributed by atoms with van der Waals surface area (Å²) < 4.78 is 28.0. The molecule has 0 amide bonds. The smallest absolute Gasteiger partial charge is 0.164 e. The Morgan fingerprint density at radius 2 is 0.519 bits per heavy atom. The number of rotatable bonds is 10. The van der Waals surface area contributed by atoms with Crippen molar-refractivity contribution in [2.45, 2.75) is 0 Å². The van der Waals surface area contributed by atoms with Gasteiger partial charge in [-0.05, 0) is 77.9 Å². The van der Waals surface area contributed by atoms with E-state index in [1.54, 1.807) is 22.7 Å². The van der Waals surface area contributed by atoms with Gasteiger partial charge in [-0.3, -0.25) is 0 Å². The van der Waals surface area contributed by atoms with Crippen molar-refractivity contribution in [2.75, 3.05) is 0 Å². The van der Waals surface area contributed by atoms with Crippen molar-refractivity contribution in [1.29, 1.82) is 0 Å². The number of para-hydroxylation sites is 6. The third-order valence-electron chi connectivity index (χ3n) is 19.6. The van der Waals surface area contributed by atoms with Crippen LogP contribution in [0, 0.1) is 0 Å². The van der Waals surface area contributed by atoms with Gasteiger partial charge in [-0.25, -0.2) is 39.9 Å². The summed E-state index contributed by atoms with van der Waals surface area (Å²) in [5, 5.41) is 10.1. The summed E-state index contributed by atoms with van der Waals surface area (Å²) in [5.74, 6) is 3.47. The second-order valence-corrected chi connectivity index (χ2v) is 28.0. The van der Waals surface area contributed by atoms with Gasteiger partial charge in [0.25, 0.3) is 0 Å². The van der Waals surface area contributed by atoms with Crippen LogP contribution in [0.3, 0.4) is 0 Å². The summed E-state index contributed by atoms with van der Waals surface area (Å²) in [5.41, 5.74) is 20.0. The van der Waals surface area contributed by atoms with E-state index in [1.165, 1.54) is 0 Å². The Morgan fingerprint density at radius 3 is 1.00 bits per heavy atom. The fourth-order valence-corrected chi connectivity index (χ4v) is 16.7. The summed E-state index contributed by atoms with van der Waals surface area (Å²) in [6, 6.07) is 107. The minimum Gasteiger partial charge on any atom is -0.456 e. The van der Waals surface area contributed by atoms with Gasteiger partial charge >= 0.3 is 0 Å². The monoisotopic (exact) mass is 1400 g/mol. The minimum absolute atomic E-state index is 0.561. The van der Waals surface area contributed by atoms with Crippen LogP contribution in [0.25, 0.3) is 220 Å². The van der Waals surface area contributed by atoms with Crippen LogP contribution < -0.4 is 0 Å². The minimum atomic E-state index is 0.561. The van der Waals surface area contributed by atoms with Gasteiger partial charge in [0.2, 0.25) is 0 Å². The lowest BCUT2D eigenvalue weighted by Gasteiger charge is -2.11. The molecule has 14 aromatic carbocycles. The zero-order chi connectivity index (χ0) is 69.8. The van der Waals surface area contributed by atoms with Crippen LogP contribution >= 0.6 is 22.7 Å². The van der Waals surface area contributed by atoms with E-state index < -0.39 is 0 Å². The van der Waals surface area contributed by atoms with Gasteiger partial charge in [-0.2, -0.15) is 0 Å². The standard InChI is InChI=1S/2C46H26N4O2S/c1-2-12-27(13-3-1)43-48-44(29-15-8-14-28(26-29)30-17-9-18-32-31-16-4-6-22-36(31)52-42(30)32)50-45(49-43)33-19-10-23-37-40(33)41-34(20-11-24-38(41)51-37)46-47-35-21-5-7-25-39(35)53-46;1-2-11-28(12-3-1)43-48-44(29-25-23-27(24-26-29)30-14-8-15-32-31-13-4-6-19-36(31)52-42(30)32)50-45(49-43)33-16-9-20-37-40(33)41-34(17-10-21-38(41)51-37)46-47-35-18-5-7-22-39(35)53-46/h2*1-26H. The van der Waals surface area contributed by atoms with Crippen LogP contribution in [0.2, 0.25) is 0 Å². The quantitative estimate of drug-likeness (QED) is 0.128. The molecule has 0 unspecified atom stereocenters. The summed E-state index contributed by atoms with van der Waals surface area (Å²) in [6.45, 7) is 0. The maximum absolute atomic E-state index is 6.50. The average molecular weight is 1400 g/mol. The maximum Gasteiger partial charge on any atom is 0.164 e. The molecule has 0 N–H and O–H groups in total. The van der Waals surface area contributed by atoms with Gasteiger partial charge < -0.3 is 17.7 Å². The molecule has 0 saturated heterocycles. The highest BCUT2D eigenvalue weighted by Gasteiger charge is 2.25. The molecule has 0 radical (unpaired) electrons. The van der Waals surface area contributed by atoms with Gasteiger partial charge in [0, 0.05) is 98.7 Å². The van der Waals surface area contributed by atoms with Crippen molar-refractivity contribution in [2.24, 2.45) is 0 Å². The van der Waals surface area contributed by atoms with Crippen molar-refractivity contribution in [3.63, 3.8) is 0 Å². The van der Waals surface area contributed by atoms with Gasteiger partial charge in [0.15, 0.2) is 34.9 Å². The molecule has 22 aromatic rings. The Morgan fingerprint density at radius 1 is 0.198 bits per heavy atom. The fraction of sp³-hybridized carbons (Fsp3) is 0. The van der Waals surface area contributed by atoms with Crippen LogP contribution in [-0.4, -0.2) is 39.9 Å². The first kappa shape index (κ1) is 60.8. The second kappa shape index (κ2) is 25.0. The summed E-state index contributed by atoms with van der Waals surface area (Å²) >= 11 is 3.36. The van der Waals surface area contributed by atoms with Crippen molar-refractivity contribution in [3.05, 3.63) is 315 Å². The molecule has 22 rings (SSSR count). The molecule has 106 heavy (non-hydrogen) atoms. The first-order valence-corrected chi connectivity index (χ1v) is 36.4. The molecular weight excluding hydrogens is 1350 g/mol. The lowest BCUT2D eigenvalue weighted by Crippen LogP contribution is -2.00. The molecule has 496 valence electrons. The molecule has 0 aliphatic heterocycles. The Balaban J connectivity index is 0.000000136. The van der Waals surface area contributed by atoms with Crippen LogP contribution in [0.15, 0.2) is 333 Å². The van der Waals surface area contributed by atoms with Crippen LogP contribution in [0.4, 0.5) is 0 Å². The molecule has 8 aromatic heterocycles. The van der Waals surface area contributed by atoms with Crippen molar-refractivity contribution in [3.8, 4) is 112 Å². The van der Waals surface area contributed by atoms with Crippen molar-refractivity contribution >= 4 is 131 Å². The molecule has 0 aliphatic rings. The van der Waals surface area contributed by atoms with Gasteiger partial charge in [0.05, 0.1) is 20.4 Å². The number of furan rings is 4. The first-order chi connectivity index (χ1) is 52.5. The lowest BCUT2D eigenvalue weighted by atomic mass is 10.00. The third-order valence-corrected chi connectivity index (χ3v) is 21.7. The van der Waals surface area contributed by atoms with Crippen LogP contribution in [0.5, 0.6) is 0 Å². The maximum atomic E-state index is 6.50. The zero-order valence-electron chi connectivity index (χ0n) is 56.0. The lowest BCUT2D eigenvalue weighted by molar-refractivity contribution is 0.668. The largest absolute Gasteiger partial charge is 0.456 e. The number of nitrogens with zero attached hydrogens (tertiary/aromatic N) is 8. The summed E-state index contributed by atoms with van der Waals surface area (Å²) in [6.07, 6.45) is 0. The van der Waals surface area contributed by atoms with Crippen molar-refractivity contribution in [1.82, 2.24) is 39.9 Å². The molecule has 0 spiro atoms. The molecule has 0 aliphatic carbocycles. The Labute approximate surface area is 611 Å². The van der Waals surface area contributed by atoms with Gasteiger partial charge in [0.1, 0.15) is 54.7 Å². The molecule has 14 heteroatoms. The van der Waals surface area contributed by atoms with E-state index in [-0.39, 0.29) is 0 Å². The Hall–Kier alpha value is -13.9. The molecule has 0 saturated carbocycles. The molecule has 0 atom stereocenters. The predicted octanol–water partition coefficient (Wildman–Crippen LogP) is 25.2. The number of aromatic nitrogens is 8. The fourth-order valence-electron chi connectivity index (χ4n) is 14.7. The van der Waals surface area contributed by atoms with E-state index in [2.05, 4.69) is 140 Å². The summed E-state index contributed by atoms with van der Waals surface area (Å²) in [4.78, 5) is 40.7. The zero-order valence-corrected chi connectivity index (χ0v) is 57.7. The highest BCUT2D eigenvalue weighted by molar-refractivity contribution is 7.22. The molecular formula is C92H52N8O4S2. The molecule has 0 bridgehead atoms. The SMILES string of the molecule is c1ccc(-c2nc(-c3ccc(-c4cccc5c4oc4ccccc45)cc3)nc(-c3cccc4oc5cccc(-c6nc7ccccc7s6)c5c34)n2)cc1.c1ccc(-c2nc(-c3cccc(-c4cccc5c4oc4ccccc45)c3)nc(-c3cccc4oc5cccc(-c6nc7ccccc7s6)c5c34)n2)cc1. The normalized spacial score (nSPS) is 11.8. The Kier molecular flexibility index (Phi) is 14.3. The third kappa shape index (κ3) is 10.4. The average Bonchev–Trinajstić information content (AvgIpc) is 1.56. The molecule has 12 nitrogen and oxygen atoms in total. The van der Waals surface area contributed by atoms with E-state index in [0.717, 1.165) is 185 Å². The highest BCUT2D eigenvalue weighted by atomic mass is 32.1. The van der Waals surface area contributed by atoms with E-state index >= 15 is 0 Å². The van der Waals surface area contributed by atoms with Crippen LogP contribution in [-0.2, 0) is 0 Å². The first-order valence-electron chi connectivity index (χ1n) is 34.8. The van der Waals surface area contributed by atoms with E-state index in [1.807, 2.05) is 176 Å². The topological polar surface area (TPSA) is 156 Å². The molecule has 8 heterocycles. The predicted molar refractivity (Wildman–Crippen MR) is 429 cm³/mol. The number of hydrogen-bond donors (Lipinski definition) is 0. The van der Waals surface area contributed by atoms with E-state index in [4.69, 9.17) is 57.5 Å². The van der Waals surface area contributed by atoms with Gasteiger partial charge in [-0.15, -0.1) is 22.7 Å². The Bertz CT molecular complexity index is 7170. The van der Waals surface area contributed by atoms with E-state index in [0.29, 0.717) is 34.9 Å². The molecule has 0 fully saturated rings. The highest BCUT2D eigenvalue weighted by Crippen LogP contribution is 2.47. The van der Waals surface area contributed by atoms with Crippen molar-refractivity contribution < 1.29 is 17.7 Å². The van der Waals surface area contributed by atoms with Crippen LogP contribution in [0.1, 0.15) is 0 Å². The number of fused-ring (bicyclic) bond motifs is 14. The number of hydrogen-bond acceptors (Lipinski definition) is 14. The summed E-state index contributed by atoms with van der Waals surface area (Å²) in [7, 11) is 0. The van der Waals surface area contributed by atoms with E-state index in [9.17, 15) is 0 Å².